The van der Waals surface area contributed by atoms with E-state index in [1.54, 1.807) is 16.2 Å². The molecule has 8 heteroatoms. The Morgan fingerprint density at radius 2 is 2.17 bits per heavy atom. The summed E-state index contributed by atoms with van der Waals surface area (Å²) in [6, 6.07) is 6.13. The maximum Gasteiger partial charge on any atom is 0.222 e. The van der Waals surface area contributed by atoms with Gasteiger partial charge in [-0.05, 0) is 46.5 Å². The maximum atomic E-state index is 12.4. The van der Waals surface area contributed by atoms with Crippen molar-refractivity contribution in [2.45, 2.75) is 39.3 Å². The van der Waals surface area contributed by atoms with Gasteiger partial charge in [0.15, 0.2) is 0 Å². The fourth-order valence-electron chi connectivity index (χ4n) is 3.25. The van der Waals surface area contributed by atoms with Gasteiger partial charge in [-0.2, -0.15) is 0 Å². The molecule has 0 N–H and O–H groups in total. The molecule has 1 aromatic carbocycles. The van der Waals surface area contributed by atoms with Gasteiger partial charge in [-0.1, -0.05) is 13.0 Å². The standard InChI is InChI=1S/C22H30BrN3O3S/c1-3-17-6-7-20(19(23)13-17)29-10-4-5-22(27)25(2)14-18-16-30-21(24-18)15-26-8-11-28-12-9-26/h6-7,13,16H,3-5,8-12,14-15H2,1-2H3. The van der Waals surface area contributed by atoms with Crippen LogP contribution < -0.4 is 4.74 Å². The van der Waals surface area contributed by atoms with Crippen molar-refractivity contribution in [3.8, 4) is 5.75 Å². The summed E-state index contributed by atoms with van der Waals surface area (Å²) in [5.74, 6) is 0.935. The molecular formula is C22H30BrN3O3S. The minimum atomic E-state index is 0.113. The van der Waals surface area contributed by atoms with Crippen LogP contribution in [0.25, 0.3) is 0 Å². The molecule has 1 aliphatic heterocycles. The summed E-state index contributed by atoms with van der Waals surface area (Å²) in [6.45, 7) is 7.54. The molecule has 0 radical (unpaired) electrons. The number of morpholine rings is 1. The van der Waals surface area contributed by atoms with E-state index >= 15 is 0 Å². The topological polar surface area (TPSA) is 54.9 Å². The molecule has 0 spiro atoms. The van der Waals surface area contributed by atoms with Gasteiger partial charge in [-0.15, -0.1) is 11.3 Å². The Morgan fingerprint density at radius 3 is 2.90 bits per heavy atom. The lowest BCUT2D eigenvalue weighted by molar-refractivity contribution is -0.130. The number of rotatable bonds is 10. The lowest BCUT2D eigenvalue weighted by Gasteiger charge is -2.25. The number of hydrogen-bond acceptors (Lipinski definition) is 6. The highest BCUT2D eigenvalue weighted by Gasteiger charge is 2.15. The second kappa shape index (κ2) is 11.8. The van der Waals surface area contributed by atoms with Crippen molar-refractivity contribution in [1.29, 1.82) is 0 Å². The first-order chi connectivity index (χ1) is 14.5. The first kappa shape index (κ1) is 23.2. The van der Waals surface area contributed by atoms with Crippen LogP contribution in [-0.4, -0.2) is 60.6 Å². The summed E-state index contributed by atoms with van der Waals surface area (Å²) in [5.41, 5.74) is 2.22. The zero-order chi connectivity index (χ0) is 21.3. The van der Waals surface area contributed by atoms with Crippen molar-refractivity contribution in [2.24, 2.45) is 0 Å². The number of carbonyl (C=O) groups is 1. The van der Waals surface area contributed by atoms with Crippen molar-refractivity contribution >= 4 is 33.2 Å². The van der Waals surface area contributed by atoms with Gasteiger partial charge >= 0.3 is 0 Å². The summed E-state index contributed by atoms with van der Waals surface area (Å²) in [4.78, 5) is 21.3. The predicted octanol–water partition coefficient (Wildman–Crippen LogP) is 4.12. The molecule has 0 bridgehead atoms. The first-order valence-electron chi connectivity index (χ1n) is 10.4. The van der Waals surface area contributed by atoms with Gasteiger partial charge in [-0.3, -0.25) is 9.69 Å². The Bertz CT molecular complexity index is 824. The zero-order valence-corrected chi connectivity index (χ0v) is 20.1. The summed E-state index contributed by atoms with van der Waals surface area (Å²) in [5, 5.41) is 3.15. The lowest BCUT2D eigenvalue weighted by atomic mass is 10.2. The molecule has 6 nitrogen and oxygen atoms in total. The van der Waals surface area contributed by atoms with E-state index in [1.807, 2.05) is 13.1 Å². The normalized spacial score (nSPS) is 14.6. The smallest absolute Gasteiger partial charge is 0.222 e. The van der Waals surface area contributed by atoms with Crippen molar-refractivity contribution in [1.82, 2.24) is 14.8 Å². The molecule has 1 aliphatic rings. The number of aromatic nitrogens is 1. The Balaban J connectivity index is 1.37. The number of amides is 1. The molecule has 0 saturated carbocycles. The van der Waals surface area contributed by atoms with E-state index in [4.69, 9.17) is 14.5 Å². The van der Waals surface area contributed by atoms with Gasteiger partial charge in [0, 0.05) is 31.9 Å². The number of ether oxygens (including phenoxy) is 2. The number of nitrogens with zero attached hydrogens (tertiary/aromatic N) is 3. The first-order valence-corrected chi connectivity index (χ1v) is 12.1. The Kier molecular flexibility index (Phi) is 9.11. The van der Waals surface area contributed by atoms with E-state index < -0.39 is 0 Å². The SMILES string of the molecule is CCc1ccc(OCCCC(=O)N(C)Cc2csc(CN3CCOCC3)n2)c(Br)c1. The predicted molar refractivity (Wildman–Crippen MR) is 123 cm³/mol. The van der Waals surface area contributed by atoms with Crippen LogP contribution in [0.4, 0.5) is 0 Å². The highest BCUT2D eigenvalue weighted by Crippen LogP contribution is 2.26. The number of halogens is 1. The Hall–Kier alpha value is -1.48. The van der Waals surface area contributed by atoms with Crippen LogP contribution in [0.2, 0.25) is 0 Å². The van der Waals surface area contributed by atoms with E-state index in [2.05, 4.69) is 45.3 Å². The van der Waals surface area contributed by atoms with Gasteiger partial charge < -0.3 is 14.4 Å². The second-order valence-electron chi connectivity index (χ2n) is 7.44. The van der Waals surface area contributed by atoms with E-state index in [-0.39, 0.29) is 5.91 Å². The van der Waals surface area contributed by atoms with Gasteiger partial charge in [0.25, 0.3) is 0 Å². The highest BCUT2D eigenvalue weighted by atomic mass is 79.9. The van der Waals surface area contributed by atoms with Crippen LogP contribution >= 0.6 is 27.3 Å². The molecule has 3 rings (SSSR count). The highest BCUT2D eigenvalue weighted by molar-refractivity contribution is 9.10. The van der Waals surface area contributed by atoms with Crippen LogP contribution in [0.15, 0.2) is 28.1 Å². The molecule has 2 aromatic rings. The number of hydrogen-bond donors (Lipinski definition) is 0. The summed E-state index contributed by atoms with van der Waals surface area (Å²) >= 11 is 5.21. The number of thiazole rings is 1. The van der Waals surface area contributed by atoms with Gasteiger partial charge in [-0.25, -0.2) is 4.98 Å². The minimum Gasteiger partial charge on any atom is -0.492 e. The summed E-state index contributed by atoms with van der Waals surface area (Å²) < 4.78 is 12.2. The third-order valence-electron chi connectivity index (χ3n) is 5.08. The van der Waals surface area contributed by atoms with Crippen LogP contribution in [-0.2, 0) is 29.0 Å². The zero-order valence-electron chi connectivity index (χ0n) is 17.7. The lowest BCUT2D eigenvalue weighted by Crippen LogP contribution is -2.35. The van der Waals surface area contributed by atoms with Crippen LogP contribution in [0.1, 0.15) is 36.0 Å². The molecule has 1 saturated heterocycles. The molecular weight excluding hydrogens is 466 g/mol. The average Bonchev–Trinajstić information content (AvgIpc) is 3.19. The Morgan fingerprint density at radius 1 is 1.37 bits per heavy atom. The van der Waals surface area contributed by atoms with Crippen LogP contribution in [0, 0.1) is 0 Å². The second-order valence-corrected chi connectivity index (χ2v) is 9.24. The van der Waals surface area contributed by atoms with Gasteiger partial charge in [0.05, 0.1) is 43.1 Å². The molecule has 164 valence electrons. The van der Waals surface area contributed by atoms with E-state index in [0.29, 0.717) is 26.0 Å². The fraction of sp³-hybridized carbons (Fsp3) is 0.545. The van der Waals surface area contributed by atoms with Gasteiger partial charge in [0.2, 0.25) is 5.91 Å². The summed E-state index contributed by atoms with van der Waals surface area (Å²) in [6.07, 6.45) is 2.14. The third kappa shape index (κ3) is 7.04. The van der Waals surface area contributed by atoms with Crippen LogP contribution in [0.5, 0.6) is 5.75 Å². The average molecular weight is 496 g/mol. The van der Waals surface area contributed by atoms with Crippen molar-refractivity contribution in [3.05, 3.63) is 44.3 Å². The molecule has 1 amide bonds. The molecule has 0 unspecified atom stereocenters. The van der Waals surface area contributed by atoms with Crippen molar-refractivity contribution < 1.29 is 14.3 Å². The molecule has 0 aliphatic carbocycles. The largest absolute Gasteiger partial charge is 0.492 e. The Labute approximate surface area is 191 Å². The van der Waals surface area contributed by atoms with Gasteiger partial charge in [0.1, 0.15) is 10.8 Å². The van der Waals surface area contributed by atoms with Crippen LogP contribution in [0.3, 0.4) is 0 Å². The number of aryl methyl sites for hydroxylation is 1. The van der Waals surface area contributed by atoms with E-state index in [1.165, 1.54) is 5.56 Å². The quantitative estimate of drug-likeness (QED) is 0.464. The maximum absolute atomic E-state index is 12.4. The van der Waals surface area contributed by atoms with E-state index in [0.717, 1.165) is 60.2 Å². The molecule has 2 heterocycles. The van der Waals surface area contributed by atoms with Crippen molar-refractivity contribution in [3.63, 3.8) is 0 Å². The minimum absolute atomic E-state index is 0.113. The molecule has 30 heavy (non-hydrogen) atoms. The fourth-order valence-corrected chi connectivity index (χ4v) is 4.62. The molecule has 0 atom stereocenters. The monoisotopic (exact) mass is 495 g/mol. The molecule has 1 fully saturated rings. The third-order valence-corrected chi connectivity index (χ3v) is 6.59. The van der Waals surface area contributed by atoms with E-state index in [9.17, 15) is 4.79 Å². The number of carbonyl (C=O) groups excluding carboxylic acids is 1. The van der Waals surface area contributed by atoms with Crippen molar-refractivity contribution in [2.75, 3.05) is 40.0 Å². The molecule has 1 aromatic heterocycles. The summed E-state index contributed by atoms with van der Waals surface area (Å²) in [7, 11) is 1.84. The number of benzene rings is 1.